The highest BCUT2D eigenvalue weighted by atomic mass is 32.2. The third-order valence-electron chi connectivity index (χ3n) is 3.11. The zero-order valence-corrected chi connectivity index (χ0v) is 16.1. The Hall–Kier alpha value is -0.740. The van der Waals surface area contributed by atoms with Gasteiger partial charge in [-0.05, 0) is 23.5 Å². The highest BCUT2D eigenvalue weighted by Crippen LogP contribution is 2.26. The van der Waals surface area contributed by atoms with Crippen LogP contribution in [-0.4, -0.2) is 27.1 Å². The summed E-state index contributed by atoms with van der Waals surface area (Å²) in [6.45, 7) is 17.6. The monoisotopic (exact) mass is 314 g/mol. The van der Waals surface area contributed by atoms with Gasteiger partial charge < -0.3 is 0 Å². The lowest BCUT2D eigenvalue weighted by Crippen LogP contribution is -2.32. The molecule has 0 bridgehead atoms. The van der Waals surface area contributed by atoms with Crippen LogP contribution in [0, 0.1) is 11.3 Å². The third-order valence-corrected chi connectivity index (χ3v) is 4.42. The first-order valence-corrected chi connectivity index (χ1v) is 8.97. The van der Waals surface area contributed by atoms with Crippen LogP contribution < -0.4 is 0 Å². The molecule has 1 aromatic rings. The molecule has 0 spiro atoms. The standard InChI is InChI=1S/C13H22N2OS.2C2H6/c1-11(13(2,3)4)10-15(5)17(16)12-8-6-7-9-14-12;2*1-2/h6-9,11H,10H2,1-5H3;2*1-2H3/t11-,17?;;/m1../s1. The Labute approximate surface area is 134 Å². The zero-order valence-electron chi connectivity index (χ0n) is 15.3. The summed E-state index contributed by atoms with van der Waals surface area (Å²) in [7, 11) is 0.721. The highest BCUT2D eigenvalue weighted by molar-refractivity contribution is 7.82. The molecule has 3 nitrogen and oxygen atoms in total. The van der Waals surface area contributed by atoms with Gasteiger partial charge in [-0.15, -0.1) is 0 Å². The second-order valence-corrected chi connectivity index (χ2v) is 7.03. The van der Waals surface area contributed by atoms with Gasteiger partial charge in [-0.2, -0.15) is 0 Å². The summed E-state index contributed by atoms with van der Waals surface area (Å²) in [4.78, 5) is 4.13. The van der Waals surface area contributed by atoms with Crippen molar-refractivity contribution < 1.29 is 4.21 Å². The highest BCUT2D eigenvalue weighted by Gasteiger charge is 2.23. The van der Waals surface area contributed by atoms with Gasteiger partial charge in [0.1, 0.15) is 16.0 Å². The van der Waals surface area contributed by atoms with Crippen LogP contribution in [0.2, 0.25) is 0 Å². The number of hydrogen-bond acceptors (Lipinski definition) is 2. The minimum absolute atomic E-state index is 0.225. The predicted molar refractivity (Wildman–Crippen MR) is 94.6 cm³/mol. The van der Waals surface area contributed by atoms with Crippen LogP contribution in [-0.2, 0) is 11.0 Å². The maximum Gasteiger partial charge on any atom is 0.146 e. The predicted octanol–water partition coefficient (Wildman–Crippen LogP) is 4.77. The van der Waals surface area contributed by atoms with Crippen LogP contribution in [0.15, 0.2) is 29.4 Å². The molecule has 0 aliphatic carbocycles. The fourth-order valence-corrected chi connectivity index (χ4v) is 2.36. The van der Waals surface area contributed by atoms with Crippen molar-refractivity contribution in [2.24, 2.45) is 11.3 Å². The molecule has 124 valence electrons. The molecule has 0 saturated heterocycles. The molecule has 0 fully saturated rings. The Morgan fingerprint density at radius 1 is 1.19 bits per heavy atom. The first-order valence-electron chi connectivity index (χ1n) is 7.86. The fourth-order valence-electron chi connectivity index (χ4n) is 1.34. The number of pyridine rings is 1. The van der Waals surface area contributed by atoms with E-state index >= 15 is 0 Å². The quantitative estimate of drug-likeness (QED) is 0.802. The molecular formula is C17H34N2OS. The van der Waals surface area contributed by atoms with E-state index in [0.29, 0.717) is 10.9 Å². The van der Waals surface area contributed by atoms with Gasteiger partial charge >= 0.3 is 0 Å². The van der Waals surface area contributed by atoms with Gasteiger partial charge in [-0.25, -0.2) is 13.5 Å². The van der Waals surface area contributed by atoms with E-state index in [0.717, 1.165) is 6.54 Å². The molecule has 0 amide bonds. The van der Waals surface area contributed by atoms with Crippen molar-refractivity contribution in [1.82, 2.24) is 9.29 Å². The van der Waals surface area contributed by atoms with E-state index in [1.54, 1.807) is 12.3 Å². The lowest BCUT2D eigenvalue weighted by Gasteiger charge is -2.30. The minimum Gasteiger partial charge on any atom is -0.246 e. The van der Waals surface area contributed by atoms with Crippen molar-refractivity contribution in [2.75, 3.05) is 13.6 Å². The second-order valence-electron chi connectivity index (χ2n) is 5.49. The number of aromatic nitrogens is 1. The van der Waals surface area contributed by atoms with E-state index in [1.807, 2.05) is 51.2 Å². The lowest BCUT2D eigenvalue weighted by atomic mass is 9.82. The van der Waals surface area contributed by atoms with Gasteiger partial charge in [-0.3, -0.25) is 0 Å². The fraction of sp³-hybridized carbons (Fsp3) is 0.706. The topological polar surface area (TPSA) is 33.2 Å². The summed E-state index contributed by atoms with van der Waals surface area (Å²) in [5.41, 5.74) is 0.225. The summed E-state index contributed by atoms with van der Waals surface area (Å²) >= 11 is 0. The molecule has 4 heteroatoms. The summed E-state index contributed by atoms with van der Waals surface area (Å²) in [6.07, 6.45) is 1.67. The van der Waals surface area contributed by atoms with Crippen LogP contribution in [0.1, 0.15) is 55.4 Å². The molecule has 0 saturated carbocycles. The van der Waals surface area contributed by atoms with Crippen molar-refractivity contribution in [3.63, 3.8) is 0 Å². The second kappa shape index (κ2) is 11.9. The van der Waals surface area contributed by atoms with E-state index in [4.69, 9.17) is 0 Å². The van der Waals surface area contributed by atoms with Crippen molar-refractivity contribution in [2.45, 2.75) is 60.4 Å². The molecule has 1 rings (SSSR count). The van der Waals surface area contributed by atoms with E-state index in [1.165, 1.54) is 0 Å². The Morgan fingerprint density at radius 3 is 2.10 bits per heavy atom. The van der Waals surface area contributed by atoms with E-state index in [9.17, 15) is 4.21 Å². The summed E-state index contributed by atoms with van der Waals surface area (Å²) < 4.78 is 14.0. The van der Waals surface area contributed by atoms with Crippen LogP contribution >= 0.6 is 0 Å². The minimum atomic E-state index is -1.16. The molecule has 1 unspecified atom stereocenters. The van der Waals surface area contributed by atoms with E-state index < -0.39 is 11.0 Å². The maximum atomic E-state index is 12.2. The van der Waals surface area contributed by atoms with Gasteiger partial charge in [0.25, 0.3) is 0 Å². The van der Waals surface area contributed by atoms with Crippen molar-refractivity contribution in [3.05, 3.63) is 24.4 Å². The normalized spacial score (nSPS) is 13.4. The van der Waals surface area contributed by atoms with Crippen molar-refractivity contribution in [3.8, 4) is 0 Å². The number of hydrogen-bond donors (Lipinski definition) is 0. The van der Waals surface area contributed by atoms with Crippen LogP contribution in [0.4, 0.5) is 0 Å². The third kappa shape index (κ3) is 8.99. The van der Waals surface area contributed by atoms with Crippen LogP contribution in [0.5, 0.6) is 0 Å². The zero-order chi connectivity index (χ0) is 17.1. The van der Waals surface area contributed by atoms with E-state index in [2.05, 4.69) is 32.7 Å². The number of rotatable bonds is 4. The Morgan fingerprint density at radius 2 is 1.71 bits per heavy atom. The molecule has 0 radical (unpaired) electrons. The van der Waals surface area contributed by atoms with Gasteiger partial charge in [0.15, 0.2) is 0 Å². The maximum absolute atomic E-state index is 12.2. The molecular weight excluding hydrogens is 280 g/mol. The van der Waals surface area contributed by atoms with Gasteiger partial charge in [0, 0.05) is 19.8 Å². The summed E-state index contributed by atoms with van der Waals surface area (Å²) in [6, 6.07) is 5.49. The molecule has 21 heavy (non-hydrogen) atoms. The summed E-state index contributed by atoms with van der Waals surface area (Å²) in [5.74, 6) is 0.472. The molecule has 1 aromatic heterocycles. The van der Waals surface area contributed by atoms with Gasteiger partial charge in [0.2, 0.25) is 0 Å². The Kier molecular flexibility index (Phi) is 12.7. The van der Waals surface area contributed by atoms with Crippen LogP contribution in [0.25, 0.3) is 0 Å². The first-order chi connectivity index (χ1) is 9.82. The molecule has 0 aromatic carbocycles. The van der Waals surface area contributed by atoms with Gasteiger partial charge in [0.05, 0.1) is 0 Å². The first kappa shape index (κ1) is 22.5. The molecule has 0 aliphatic rings. The molecule has 0 N–H and O–H groups in total. The van der Waals surface area contributed by atoms with Crippen molar-refractivity contribution >= 4 is 11.0 Å². The SMILES string of the molecule is CC.CC.C[C@H](CN(C)S(=O)c1ccccn1)C(C)(C)C. The Balaban J connectivity index is 0. The average Bonchev–Trinajstić information content (AvgIpc) is 2.50. The lowest BCUT2D eigenvalue weighted by molar-refractivity contribution is 0.229. The number of nitrogens with zero attached hydrogens (tertiary/aromatic N) is 2. The Bertz CT molecular complexity index is 374. The molecule has 2 atom stereocenters. The van der Waals surface area contributed by atoms with Crippen molar-refractivity contribution in [1.29, 1.82) is 0 Å². The van der Waals surface area contributed by atoms with E-state index in [-0.39, 0.29) is 5.41 Å². The average molecular weight is 315 g/mol. The molecule has 0 aliphatic heterocycles. The molecule has 1 heterocycles. The smallest absolute Gasteiger partial charge is 0.146 e. The van der Waals surface area contributed by atoms with Crippen LogP contribution in [0.3, 0.4) is 0 Å². The largest absolute Gasteiger partial charge is 0.246 e. The summed E-state index contributed by atoms with van der Waals surface area (Å²) in [5, 5.41) is 0.621. The van der Waals surface area contributed by atoms with Gasteiger partial charge in [-0.1, -0.05) is 61.5 Å².